The van der Waals surface area contributed by atoms with E-state index in [1.54, 1.807) is 20.8 Å². The molecule has 0 radical (unpaired) electrons. The van der Waals surface area contributed by atoms with Crippen LogP contribution in [-0.2, 0) is 25.6 Å². The van der Waals surface area contributed by atoms with Gasteiger partial charge in [-0.25, -0.2) is 9.59 Å². The van der Waals surface area contributed by atoms with Crippen LogP contribution in [0.1, 0.15) is 40.2 Å². The number of carbonyl (C=O) groups is 3. The van der Waals surface area contributed by atoms with Crippen LogP contribution < -0.4 is 16.6 Å². The Hall–Kier alpha value is -3.11. The maximum absolute atomic E-state index is 12.9. The second-order valence-corrected chi connectivity index (χ2v) is 8.55. The quantitative estimate of drug-likeness (QED) is 0.558. The predicted molar refractivity (Wildman–Crippen MR) is 113 cm³/mol. The van der Waals surface area contributed by atoms with Gasteiger partial charge in [0.05, 0.1) is 13.2 Å². The number of rotatable bonds is 8. The first-order chi connectivity index (χ1) is 14.2. The first kappa shape index (κ1) is 25.9. The van der Waals surface area contributed by atoms with Gasteiger partial charge in [-0.15, -0.1) is 0 Å². The van der Waals surface area contributed by atoms with Crippen molar-refractivity contribution in [3.8, 4) is 0 Å². The molecule has 1 rings (SSSR count). The molecule has 0 fully saturated rings. The van der Waals surface area contributed by atoms with E-state index in [1.165, 1.54) is 25.1 Å². The Morgan fingerprint density at radius 1 is 1.23 bits per heavy atom. The lowest BCUT2D eigenvalue weighted by molar-refractivity contribution is -0.147. The molecule has 0 aliphatic carbocycles. The van der Waals surface area contributed by atoms with Gasteiger partial charge in [0.15, 0.2) is 0 Å². The number of nitrogens with zero attached hydrogens (tertiary/aromatic N) is 2. The van der Waals surface area contributed by atoms with Gasteiger partial charge in [0.2, 0.25) is 5.91 Å². The Labute approximate surface area is 180 Å². The normalized spacial score (nSPS) is 12.3. The summed E-state index contributed by atoms with van der Waals surface area (Å²) in [6.45, 7) is 9.61. The van der Waals surface area contributed by atoms with Crippen molar-refractivity contribution in [3.05, 3.63) is 32.6 Å². The zero-order chi connectivity index (χ0) is 23.9. The fourth-order valence-corrected chi connectivity index (χ4v) is 2.58. The zero-order valence-corrected chi connectivity index (χ0v) is 19.1. The number of amides is 2. The van der Waals surface area contributed by atoms with Crippen LogP contribution in [0.4, 0.5) is 4.79 Å². The van der Waals surface area contributed by atoms with Crippen molar-refractivity contribution in [1.82, 2.24) is 19.8 Å². The molecule has 0 aliphatic rings. The molecule has 1 unspecified atom stereocenters. The average molecular weight is 440 g/mol. The van der Waals surface area contributed by atoms with Crippen LogP contribution in [0.5, 0.6) is 0 Å². The van der Waals surface area contributed by atoms with Gasteiger partial charge in [-0.2, -0.15) is 0 Å². The van der Waals surface area contributed by atoms with E-state index < -0.39 is 47.4 Å². The standard InChI is InChI=1S/C20H32N4O7/c1-12(2)14(21-19(29)31-20(4,5)6)9-23(11-16(26)30-7)15(25)10-24-8-13(3)17(27)22-18(24)28/h8,12,14H,9-11H2,1-7H3,(H,21,29)(H,22,27,28). The first-order valence-electron chi connectivity index (χ1n) is 9.88. The van der Waals surface area contributed by atoms with E-state index in [4.69, 9.17) is 4.74 Å². The third-order valence-corrected chi connectivity index (χ3v) is 4.32. The van der Waals surface area contributed by atoms with E-state index in [1.807, 2.05) is 13.8 Å². The molecule has 1 heterocycles. The SMILES string of the molecule is COC(=O)CN(CC(NC(=O)OC(C)(C)C)C(C)C)C(=O)Cn1cc(C)c(=O)[nH]c1=O. The second kappa shape index (κ2) is 10.8. The fourth-order valence-electron chi connectivity index (χ4n) is 2.58. The van der Waals surface area contributed by atoms with Gasteiger partial charge in [0.1, 0.15) is 18.7 Å². The Morgan fingerprint density at radius 2 is 1.84 bits per heavy atom. The van der Waals surface area contributed by atoms with E-state index in [2.05, 4.69) is 15.0 Å². The van der Waals surface area contributed by atoms with Crippen molar-refractivity contribution in [2.75, 3.05) is 20.2 Å². The van der Waals surface area contributed by atoms with Gasteiger partial charge in [0, 0.05) is 18.3 Å². The number of carbonyl (C=O) groups excluding carboxylic acids is 3. The van der Waals surface area contributed by atoms with Crippen molar-refractivity contribution in [2.24, 2.45) is 5.92 Å². The molecule has 0 saturated heterocycles. The lowest BCUT2D eigenvalue weighted by Crippen LogP contribution is -2.51. The minimum atomic E-state index is -0.741. The lowest BCUT2D eigenvalue weighted by Gasteiger charge is -2.30. The van der Waals surface area contributed by atoms with E-state index >= 15 is 0 Å². The van der Waals surface area contributed by atoms with Crippen molar-refractivity contribution in [2.45, 2.75) is 59.7 Å². The Bertz CT molecular complexity index is 911. The molecule has 11 nitrogen and oxygen atoms in total. The number of aryl methyl sites for hydroxylation is 1. The molecule has 1 aromatic heterocycles. The molecule has 0 saturated carbocycles. The highest BCUT2D eigenvalue weighted by Crippen LogP contribution is 2.10. The molecule has 0 aromatic carbocycles. The minimum Gasteiger partial charge on any atom is -0.468 e. The number of methoxy groups -OCH3 is 1. The maximum atomic E-state index is 12.9. The number of nitrogens with one attached hydrogen (secondary N) is 2. The first-order valence-corrected chi connectivity index (χ1v) is 9.88. The summed E-state index contributed by atoms with van der Waals surface area (Å²) >= 11 is 0. The molecule has 174 valence electrons. The number of H-pyrrole nitrogens is 1. The third kappa shape index (κ3) is 8.65. The molecule has 1 aromatic rings. The number of esters is 1. The highest BCUT2D eigenvalue weighted by atomic mass is 16.6. The number of hydrogen-bond acceptors (Lipinski definition) is 7. The summed E-state index contributed by atoms with van der Waals surface area (Å²) < 4.78 is 11.0. The molecule has 0 aliphatic heterocycles. The number of ether oxygens (including phenoxy) is 2. The summed E-state index contributed by atoms with van der Waals surface area (Å²) in [6, 6.07) is -0.530. The van der Waals surface area contributed by atoms with Crippen molar-refractivity contribution < 1.29 is 23.9 Å². The molecule has 2 amide bonds. The van der Waals surface area contributed by atoms with Gasteiger partial charge in [-0.05, 0) is 33.6 Å². The maximum Gasteiger partial charge on any atom is 0.407 e. The summed E-state index contributed by atoms with van der Waals surface area (Å²) in [5.41, 5.74) is -1.72. The summed E-state index contributed by atoms with van der Waals surface area (Å²) in [5.74, 6) is -1.31. The van der Waals surface area contributed by atoms with E-state index in [-0.39, 0.29) is 24.6 Å². The fraction of sp³-hybridized carbons (Fsp3) is 0.650. The van der Waals surface area contributed by atoms with Crippen molar-refractivity contribution in [3.63, 3.8) is 0 Å². The van der Waals surface area contributed by atoms with Crippen LogP contribution in [0.2, 0.25) is 0 Å². The molecular weight excluding hydrogens is 408 g/mol. The summed E-state index contributed by atoms with van der Waals surface area (Å²) in [4.78, 5) is 63.8. The molecular formula is C20H32N4O7. The van der Waals surface area contributed by atoms with Crippen LogP contribution >= 0.6 is 0 Å². The Kier molecular flexibility index (Phi) is 9.02. The lowest BCUT2D eigenvalue weighted by atomic mass is 10.0. The van der Waals surface area contributed by atoms with Crippen LogP contribution in [-0.4, -0.2) is 64.3 Å². The van der Waals surface area contributed by atoms with E-state index in [0.29, 0.717) is 0 Å². The van der Waals surface area contributed by atoms with Crippen molar-refractivity contribution in [1.29, 1.82) is 0 Å². The predicted octanol–water partition coefficient (Wildman–Crippen LogP) is 0.396. The zero-order valence-electron chi connectivity index (χ0n) is 19.1. The van der Waals surface area contributed by atoms with Crippen LogP contribution in [0.15, 0.2) is 15.8 Å². The van der Waals surface area contributed by atoms with Gasteiger partial charge < -0.3 is 19.7 Å². The van der Waals surface area contributed by atoms with Crippen molar-refractivity contribution >= 4 is 18.0 Å². The van der Waals surface area contributed by atoms with Gasteiger partial charge in [-0.3, -0.25) is 23.9 Å². The number of alkyl carbamates (subject to hydrolysis) is 1. The summed E-state index contributed by atoms with van der Waals surface area (Å²) in [7, 11) is 1.19. The minimum absolute atomic E-state index is 0.0120. The molecule has 0 bridgehead atoms. The third-order valence-electron chi connectivity index (χ3n) is 4.32. The van der Waals surface area contributed by atoms with Crippen LogP contribution in [0.3, 0.4) is 0 Å². The number of aromatic nitrogens is 2. The second-order valence-electron chi connectivity index (χ2n) is 8.55. The van der Waals surface area contributed by atoms with Crippen LogP contribution in [0, 0.1) is 12.8 Å². The summed E-state index contributed by atoms with van der Waals surface area (Å²) in [6.07, 6.45) is 0.623. The molecule has 1 atom stereocenters. The number of aromatic amines is 1. The Morgan fingerprint density at radius 3 is 2.35 bits per heavy atom. The molecule has 11 heteroatoms. The Balaban J connectivity index is 3.07. The van der Waals surface area contributed by atoms with E-state index in [9.17, 15) is 24.0 Å². The topological polar surface area (TPSA) is 140 Å². The van der Waals surface area contributed by atoms with Gasteiger partial charge in [0.25, 0.3) is 5.56 Å². The van der Waals surface area contributed by atoms with Gasteiger partial charge in [-0.1, -0.05) is 13.8 Å². The largest absolute Gasteiger partial charge is 0.468 e. The monoisotopic (exact) mass is 440 g/mol. The van der Waals surface area contributed by atoms with E-state index in [0.717, 1.165) is 4.57 Å². The molecule has 31 heavy (non-hydrogen) atoms. The molecule has 2 N–H and O–H groups in total. The summed E-state index contributed by atoms with van der Waals surface area (Å²) in [5, 5.41) is 2.72. The molecule has 0 spiro atoms. The smallest absolute Gasteiger partial charge is 0.407 e. The van der Waals surface area contributed by atoms with Crippen LogP contribution in [0.25, 0.3) is 0 Å². The van der Waals surface area contributed by atoms with Gasteiger partial charge >= 0.3 is 17.8 Å². The number of hydrogen-bond donors (Lipinski definition) is 2. The average Bonchev–Trinajstić information content (AvgIpc) is 2.62. The highest BCUT2D eigenvalue weighted by molar-refractivity contribution is 5.82. The highest BCUT2D eigenvalue weighted by Gasteiger charge is 2.27.